The predicted octanol–water partition coefficient (Wildman–Crippen LogP) is 0.590. The fraction of sp³-hybridized carbons (Fsp3) is 0.500. The van der Waals surface area contributed by atoms with Crippen molar-refractivity contribution in [3.8, 4) is 5.75 Å². The summed E-state index contributed by atoms with van der Waals surface area (Å²) in [5.74, 6) is -1.35. The summed E-state index contributed by atoms with van der Waals surface area (Å²) < 4.78 is 29.6. The lowest BCUT2D eigenvalue weighted by Gasteiger charge is -2.46. The van der Waals surface area contributed by atoms with Crippen molar-refractivity contribution >= 4 is 33.8 Å². The molecule has 3 aliphatic heterocycles. The third kappa shape index (κ3) is 3.89. The first-order valence-corrected chi connectivity index (χ1v) is 12.4. The molecule has 2 saturated heterocycles. The molecule has 4 atom stereocenters. The van der Waals surface area contributed by atoms with Gasteiger partial charge < -0.3 is 14.7 Å². The molecule has 0 unspecified atom stereocenters. The highest BCUT2D eigenvalue weighted by Crippen LogP contribution is 2.52. The van der Waals surface area contributed by atoms with E-state index >= 15 is 0 Å². The van der Waals surface area contributed by atoms with Gasteiger partial charge in [-0.25, -0.2) is 9.93 Å². The number of aliphatic hydroxyl groups is 1. The fourth-order valence-electron chi connectivity index (χ4n) is 4.29. The van der Waals surface area contributed by atoms with Crippen LogP contribution in [-0.4, -0.2) is 65.1 Å². The molecule has 1 aromatic rings. The number of fused-ring (bicyclic) bond motifs is 1. The predicted molar refractivity (Wildman–Crippen MR) is 115 cm³/mol. The Morgan fingerprint density at radius 1 is 1.29 bits per heavy atom. The van der Waals surface area contributed by atoms with Crippen molar-refractivity contribution in [2.75, 3.05) is 13.1 Å². The molecule has 1 aromatic carbocycles. The monoisotopic (exact) mass is 467 g/mol. The van der Waals surface area contributed by atoms with Gasteiger partial charge in [-0.2, -0.15) is 12.7 Å². The van der Waals surface area contributed by atoms with E-state index in [1.807, 2.05) is 26.0 Å². The van der Waals surface area contributed by atoms with E-state index in [2.05, 4.69) is 0 Å². The second kappa shape index (κ2) is 7.89. The van der Waals surface area contributed by atoms with Crippen molar-refractivity contribution in [3.05, 3.63) is 40.4 Å². The molecule has 31 heavy (non-hydrogen) atoms. The summed E-state index contributed by atoms with van der Waals surface area (Å²) in [5, 5.41) is 15.1. The molecule has 0 aliphatic carbocycles. The number of β-lactam (4-membered cyclic amide) rings is 1. The van der Waals surface area contributed by atoms with E-state index in [1.165, 1.54) is 16.7 Å². The molecule has 3 aliphatic rings. The zero-order valence-electron chi connectivity index (χ0n) is 17.4. The van der Waals surface area contributed by atoms with Gasteiger partial charge in [0.15, 0.2) is 0 Å². The van der Waals surface area contributed by atoms with Crippen LogP contribution in [0.4, 0.5) is 0 Å². The minimum atomic E-state index is -3.74. The molecule has 3 N–H and O–H groups in total. The number of carbonyl (C=O) groups excluding carboxylic acids is 2. The van der Waals surface area contributed by atoms with Crippen LogP contribution in [0.15, 0.2) is 34.9 Å². The first-order chi connectivity index (χ1) is 14.5. The van der Waals surface area contributed by atoms with Gasteiger partial charge in [-0.05, 0) is 26.0 Å². The highest BCUT2D eigenvalue weighted by atomic mass is 32.2. The van der Waals surface area contributed by atoms with Crippen molar-refractivity contribution < 1.29 is 27.9 Å². The number of nitrogens with two attached hydrogens (primary N) is 1. The van der Waals surface area contributed by atoms with Crippen LogP contribution >= 0.6 is 11.8 Å². The van der Waals surface area contributed by atoms with Crippen LogP contribution in [-0.2, 0) is 19.8 Å². The number of thioether (sulfide) groups is 1. The van der Waals surface area contributed by atoms with Gasteiger partial charge in [-0.3, -0.25) is 4.79 Å². The third-order valence-electron chi connectivity index (χ3n) is 6.00. The minimum absolute atomic E-state index is 0.0863. The highest BCUT2D eigenvalue weighted by Gasteiger charge is 2.60. The van der Waals surface area contributed by atoms with E-state index in [9.17, 15) is 23.1 Å². The Labute approximate surface area is 185 Å². The number of rotatable bonds is 6. The van der Waals surface area contributed by atoms with Crippen molar-refractivity contribution in [2.24, 2.45) is 17.0 Å². The van der Waals surface area contributed by atoms with E-state index in [0.717, 1.165) is 9.87 Å². The molecule has 11 heteroatoms. The van der Waals surface area contributed by atoms with Crippen LogP contribution in [0.5, 0.6) is 5.75 Å². The topological polar surface area (TPSA) is 130 Å². The van der Waals surface area contributed by atoms with E-state index in [1.54, 1.807) is 19.1 Å². The quantitative estimate of drug-likeness (QED) is 0.356. The van der Waals surface area contributed by atoms with Gasteiger partial charge in [-0.1, -0.05) is 24.6 Å². The number of amides is 1. The molecular formula is C20H25N3O6S2. The summed E-state index contributed by atoms with van der Waals surface area (Å²) in [4.78, 5) is 28.0. The molecule has 0 aromatic heterocycles. The molecule has 168 valence electrons. The third-order valence-corrected chi connectivity index (χ3v) is 8.47. The maximum atomic E-state index is 13.1. The van der Waals surface area contributed by atoms with Gasteiger partial charge in [-0.15, -0.1) is 11.8 Å². The second-order valence-corrected chi connectivity index (χ2v) is 11.2. The Kier molecular flexibility index (Phi) is 5.67. The Morgan fingerprint density at radius 3 is 2.45 bits per heavy atom. The van der Waals surface area contributed by atoms with Gasteiger partial charge >= 0.3 is 5.97 Å². The number of hydrogen-bond acceptors (Lipinski definition) is 7. The van der Waals surface area contributed by atoms with E-state index < -0.39 is 28.2 Å². The first-order valence-electron chi connectivity index (χ1n) is 9.97. The lowest BCUT2D eigenvalue weighted by molar-refractivity contribution is -0.162. The average Bonchev–Trinajstić information content (AvgIpc) is 2.87. The van der Waals surface area contributed by atoms with Crippen molar-refractivity contribution in [3.63, 3.8) is 0 Å². The molecule has 0 radical (unpaired) electrons. The van der Waals surface area contributed by atoms with E-state index in [-0.39, 0.29) is 41.9 Å². The van der Waals surface area contributed by atoms with Crippen LogP contribution in [0.3, 0.4) is 0 Å². The van der Waals surface area contributed by atoms with E-state index in [4.69, 9.17) is 9.88 Å². The molecule has 4 rings (SSSR count). The van der Waals surface area contributed by atoms with Crippen LogP contribution in [0.25, 0.3) is 0 Å². The number of aliphatic hydroxyl groups excluding tert-OH is 1. The van der Waals surface area contributed by atoms with Crippen LogP contribution in [0.2, 0.25) is 0 Å². The Bertz CT molecular complexity index is 1050. The Balaban J connectivity index is 1.60. The van der Waals surface area contributed by atoms with Crippen LogP contribution < -0.4 is 9.88 Å². The zero-order chi connectivity index (χ0) is 22.7. The summed E-state index contributed by atoms with van der Waals surface area (Å²) in [6, 6.07) is 6.68. The standard InChI is InChI=1S/C20H25N3O6S2/c1-10-4-6-13(7-5-10)29-20(26)17-18(30-14-8-22(9-14)31(21,27)28)11(2)16-15(12(3)24)19(25)23(16)17/h4-7,11-12,14-16,24H,8-9H2,1-3H3,(H2,21,27,28)/t11-,12-,15-,16-/m1/s1. The average molecular weight is 468 g/mol. The van der Waals surface area contributed by atoms with Gasteiger partial charge in [0.2, 0.25) is 5.91 Å². The SMILES string of the molecule is Cc1ccc(OC(=O)C2=C(SC3CN(S(N)(=O)=O)C3)[C@H](C)[C@@H]3[C@@H]([C@@H](C)O)C(=O)N23)cc1. The lowest BCUT2D eigenvalue weighted by Crippen LogP contribution is -2.63. The molecule has 1 amide bonds. The normalized spacial score (nSPS) is 27.6. The fourth-order valence-corrected chi connectivity index (χ4v) is 6.77. The second-order valence-electron chi connectivity index (χ2n) is 8.27. The van der Waals surface area contributed by atoms with Crippen molar-refractivity contribution in [2.45, 2.75) is 38.2 Å². The number of hydrogen-bond donors (Lipinski definition) is 2. The maximum absolute atomic E-state index is 13.1. The van der Waals surface area contributed by atoms with Crippen LogP contribution in [0, 0.1) is 18.8 Å². The van der Waals surface area contributed by atoms with Gasteiger partial charge in [0.1, 0.15) is 11.4 Å². The summed E-state index contributed by atoms with van der Waals surface area (Å²) in [5.41, 5.74) is 1.20. The zero-order valence-corrected chi connectivity index (χ0v) is 19.0. The maximum Gasteiger partial charge on any atom is 0.361 e. The van der Waals surface area contributed by atoms with Crippen molar-refractivity contribution in [1.82, 2.24) is 9.21 Å². The molecular weight excluding hydrogens is 442 g/mol. The lowest BCUT2D eigenvalue weighted by atomic mass is 9.79. The number of aryl methyl sites for hydroxylation is 1. The number of carbonyl (C=O) groups is 2. The molecule has 2 fully saturated rings. The van der Waals surface area contributed by atoms with Crippen molar-refractivity contribution in [1.29, 1.82) is 0 Å². The molecule has 9 nitrogen and oxygen atoms in total. The summed E-state index contributed by atoms with van der Waals surface area (Å²) in [6.45, 7) is 5.86. The molecule has 0 spiro atoms. The number of benzene rings is 1. The summed E-state index contributed by atoms with van der Waals surface area (Å²) >= 11 is 1.38. The highest BCUT2D eigenvalue weighted by molar-refractivity contribution is 8.04. The summed E-state index contributed by atoms with van der Waals surface area (Å²) in [6.07, 6.45) is -0.837. The van der Waals surface area contributed by atoms with Gasteiger partial charge in [0.25, 0.3) is 10.2 Å². The Morgan fingerprint density at radius 2 is 1.90 bits per heavy atom. The Hall–Kier alpha value is -1.92. The first kappa shape index (κ1) is 22.3. The molecule has 0 bridgehead atoms. The number of esters is 1. The minimum Gasteiger partial charge on any atom is -0.422 e. The van der Waals surface area contributed by atoms with Crippen LogP contribution in [0.1, 0.15) is 19.4 Å². The van der Waals surface area contributed by atoms with Gasteiger partial charge in [0, 0.05) is 29.2 Å². The molecule has 0 saturated carbocycles. The largest absolute Gasteiger partial charge is 0.422 e. The molecule has 3 heterocycles. The summed E-state index contributed by atoms with van der Waals surface area (Å²) in [7, 11) is -3.74. The van der Waals surface area contributed by atoms with E-state index in [0.29, 0.717) is 10.7 Å². The number of nitrogens with zero attached hydrogens (tertiary/aromatic N) is 2. The smallest absolute Gasteiger partial charge is 0.361 e. The number of ether oxygens (including phenoxy) is 1. The van der Waals surface area contributed by atoms with Gasteiger partial charge in [0.05, 0.1) is 18.1 Å².